The maximum absolute atomic E-state index is 12.2. The molecule has 144 valence electrons. The molecule has 0 aromatic heterocycles. The number of halogens is 2. The molecule has 0 spiro atoms. The van der Waals surface area contributed by atoms with Crippen LogP contribution in [0, 0.1) is 0 Å². The van der Waals surface area contributed by atoms with Gasteiger partial charge < -0.3 is 15.0 Å². The number of fused-ring (bicyclic) bond motifs is 1. The van der Waals surface area contributed by atoms with Crippen molar-refractivity contribution in [3.8, 4) is 5.75 Å². The molecule has 0 aliphatic carbocycles. The number of carbonyl (C=O) groups is 2. The van der Waals surface area contributed by atoms with Crippen LogP contribution in [0.3, 0.4) is 0 Å². The predicted molar refractivity (Wildman–Crippen MR) is 106 cm³/mol. The van der Waals surface area contributed by atoms with Crippen LogP contribution in [0.1, 0.15) is 25.7 Å². The Balaban J connectivity index is 0.00000243. The third-order valence-corrected chi connectivity index (χ3v) is 5.10. The summed E-state index contributed by atoms with van der Waals surface area (Å²) < 4.78 is 6.65. The van der Waals surface area contributed by atoms with E-state index in [1.807, 2.05) is 24.3 Å². The monoisotopic (exact) mass is 445 g/mol. The quantitative estimate of drug-likeness (QED) is 0.468. The molecule has 1 N–H and O–H groups in total. The number of ether oxygens (including phenoxy) is 1. The Morgan fingerprint density at radius 2 is 2.08 bits per heavy atom. The molecule has 2 aliphatic rings. The fraction of sp³-hybridized carbons (Fsp3) is 0.556. The number of hydrogen-bond donors (Lipinski definition) is 1. The smallest absolute Gasteiger partial charge is 0.327 e. The van der Waals surface area contributed by atoms with Gasteiger partial charge in [0.1, 0.15) is 18.4 Å². The Morgan fingerprint density at radius 1 is 1.23 bits per heavy atom. The largest absolute Gasteiger partial charge is 0.492 e. The second kappa shape index (κ2) is 10.1. The fourth-order valence-electron chi connectivity index (χ4n) is 3.33. The lowest BCUT2D eigenvalue weighted by Gasteiger charge is -2.15. The van der Waals surface area contributed by atoms with Gasteiger partial charge in [-0.05, 0) is 50.4 Å². The summed E-state index contributed by atoms with van der Waals surface area (Å²) in [6, 6.07) is 7.50. The number of benzene rings is 1. The first-order chi connectivity index (χ1) is 12.2. The molecule has 2 fully saturated rings. The topological polar surface area (TPSA) is 61.9 Å². The molecular weight excluding hydrogens is 422 g/mol. The number of nitrogens with one attached hydrogen (secondary N) is 1. The third kappa shape index (κ3) is 5.11. The molecule has 26 heavy (non-hydrogen) atoms. The van der Waals surface area contributed by atoms with Crippen molar-refractivity contribution in [2.75, 3.05) is 32.8 Å². The van der Waals surface area contributed by atoms with Crippen molar-refractivity contribution in [1.29, 1.82) is 0 Å². The van der Waals surface area contributed by atoms with Crippen LogP contribution < -0.4 is 10.1 Å². The van der Waals surface area contributed by atoms with Crippen molar-refractivity contribution in [2.45, 2.75) is 31.7 Å². The van der Waals surface area contributed by atoms with E-state index in [0.29, 0.717) is 13.2 Å². The number of hydrogen-bond acceptors (Lipinski definition) is 4. The van der Waals surface area contributed by atoms with Gasteiger partial charge in [0.05, 0.1) is 0 Å². The normalized spacial score (nSPS) is 18.9. The van der Waals surface area contributed by atoms with E-state index in [-0.39, 0.29) is 30.4 Å². The first-order valence-electron chi connectivity index (χ1n) is 8.88. The lowest BCUT2D eigenvalue weighted by atomic mass is 10.2. The highest BCUT2D eigenvalue weighted by molar-refractivity contribution is 9.10. The summed E-state index contributed by atoms with van der Waals surface area (Å²) in [7, 11) is 0. The summed E-state index contributed by atoms with van der Waals surface area (Å²) in [6.07, 6.45) is 3.53. The molecule has 1 unspecified atom stereocenters. The Bertz CT molecular complexity index is 609. The maximum atomic E-state index is 12.2. The Hall–Kier alpha value is -1.31. The first kappa shape index (κ1) is 21.0. The van der Waals surface area contributed by atoms with Crippen LogP contribution in [0.5, 0.6) is 5.75 Å². The Morgan fingerprint density at radius 3 is 2.85 bits per heavy atom. The molecule has 6 nitrogen and oxygen atoms in total. The molecule has 2 saturated heterocycles. The highest BCUT2D eigenvalue weighted by atomic mass is 79.9. The highest BCUT2D eigenvalue weighted by Gasteiger charge is 2.46. The predicted octanol–water partition coefficient (Wildman–Crippen LogP) is 3.05. The number of unbranched alkanes of at least 4 members (excludes halogenated alkanes) is 1. The molecular formula is C18H25BrClN3O3. The first-order valence-corrected chi connectivity index (χ1v) is 9.67. The zero-order chi connectivity index (χ0) is 17.6. The molecule has 3 rings (SSSR count). The minimum Gasteiger partial charge on any atom is -0.492 e. The molecule has 3 amide bonds. The summed E-state index contributed by atoms with van der Waals surface area (Å²) in [5.41, 5.74) is 0. The highest BCUT2D eigenvalue weighted by Crippen LogP contribution is 2.27. The van der Waals surface area contributed by atoms with Gasteiger partial charge in [-0.15, -0.1) is 12.4 Å². The molecule has 8 heteroatoms. The van der Waals surface area contributed by atoms with E-state index in [2.05, 4.69) is 21.2 Å². The van der Waals surface area contributed by atoms with Crippen LogP contribution in [0.2, 0.25) is 0 Å². The summed E-state index contributed by atoms with van der Waals surface area (Å²) >= 11 is 3.41. The fourth-order valence-corrected chi connectivity index (χ4v) is 3.71. The minimum atomic E-state index is -0.180. The van der Waals surface area contributed by atoms with E-state index < -0.39 is 0 Å². The van der Waals surface area contributed by atoms with Crippen molar-refractivity contribution in [2.24, 2.45) is 0 Å². The van der Waals surface area contributed by atoms with Gasteiger partial charge in [-0.25, -0.2) is 4.79 Å². The SMILES string of the molecule is Cl.O=C1C2CCCN2C(=O)N1CCCCNCCOc1cccc(Br)c1. The summed E-state index contributed by atoms with van der Waals surface area (Å²) in [4.78, 5) is 27.5. The number of imide groups is 1. The van der Waals surface area contributed by atoms with Crippen LogP contribution >= 0.6 is 28.3 Å². The molecule has 1 atom stereocenters. The zero-order valence-corrected chi connectivity index (χ0v) is 17.1. The summed E-state index contributed by atoms with van der Waals surface area (Å²) in [5, 5.41) is 3.32. The Labute approximate surface area is 168 Å². The van der Waals surface area contributed by atoms with E-state index in [4.69, 9.17) is 4.74 Å². The van der Waals surface area contributed by atoms with Crippen molar-refractivity contribution in [1.82, 2.24) is 15.1 Å². The lowest BCUT2D eigenvalue weighted by molar-refractivity contribution is -0.128. The number of urea groups is 1. The van der Waals surface area contributed by atoms with Gasteiger partial charge in [-0.1, -0.05) is 22.0 Å². The van der Waals surface area contributed by atoms with Gasteiger partial charge in [-0.2, -0.15) is 0 Å². The molecule has 0 radical (unpaired) electrons. The van der Waals surface area contributed by atoms with Crippen molar-refractivity contribution < 1.29 is 14.3 Å². The number of nitrogens with zero attached hydrogens (tertiary/aromatic N) is 2. The van der Waals surface area contributed by atoms with Gasteiger partial charge in [0, 0.05) is 24.1 Å². The second-order valence-electron chi connectivity index (χ2n) is 6.39. The van der Waals surface area contributed by atoms with E-state index in [1.54, 1.807) is 4.90 Å². The van der Waals surface area contributed by atoms with Crippen LogP contribution in [-0.4, -0.2) is 60.6 Å². The van der Waals surface area contributed by atoms with Crippen LogP contribution in [-0.2, 0) is 4.79 Å². The average Bonchev–Trinajstić information content (AvgIpc) is 3.16. The average molecular weight is 447 g/mol. The minimum absolute atomic E-state index is 0. The van der Waals surface area contributed by atoms with Crippen LogP contribution in [0.15, 0.2) is 28.7 Å². The number of carbonyl (C=O) groups excluding carboxylic acids is 2. The second-order valence-corrected chi connectivity index (χ2v) is 7.30. The standard InChI is InChI=1S/C18H24BrN3O3.ClH/c19-14-5-3-6-15(13-14)25-12-9-20-8-1-2-10-22-17(23)16-7-4-11-21(16)18(22)24;/h3,5-6,13,16,20H,1-2,4,7-12H2;1H. The van der Waals surface area contributed by atoms with Gasteiger partial charge in [0.2, 0.25) is 0 Å². The van der Waals surface area contributed by atoms with E-state index >= 15 is 0 Å². The molecule has 1 aromatic rings. The number of amides is 3. The van der Waals surface area contributed by atoms with Crippen LogP contribution in [0.4, 0.5) is 4.79 Å². The molecule has 2 heterocycles. The molecule has 0 bridgehead atoms. The van der Waals surface area contributed by atoms with Crippen molar-refractivity contribution in [3.63, 3.8) is 0 Å². The molecule has 2 aliphatic heterocycles. The molecule has 1 aromatic carbocycles. The van der Waals surface area contributed by atoms with E-state index in [1.165, 1.54) is 4.90 Å². The van der Waals surface area contributed by atoms with Gasteiger partial charge >= 0.3 is 6.03 Å². The van der Waals surface area contributed by atoms with E-state index in [9.17, 15) is 9.59 Å². The van der Waals surface area contributed by atoms with Crippen LogP contribution in [0.25, 0.3) is 0 Å². The van der Waals surface area contributed by atoms with Gasteiger partial charge in [0.25, 0.3) is 5.91 Å². The maximum Gasteiger partial charge on any atom is 0.327 e. The van der Waals surface area contributed by atoms with Gasteiger partial charge in [0.15, 0.2) is 0 Å². The third-order valence-electron chi connectivity index (χ3n) is 4.61. The van der Waals surface area contributed by atoms with Crippen molar-refractivity contribution >= 4 is 40.3 Å². The number of rotatable bonds is 9. The lowest BCUT2D eigenvalue weighted by Crippen LogP contribution is -2.34. The zero-order valence-electron chi connectivity index (χ0n) is 14.7. The molecule has 0 saturated carbocycles. The summed E-state index contributed by atoms with van der Waals surface area (Å²) in [5.74, 6) is 0.848. The Kier molecular flexibility index (Phi) is 8.18. The van der Waals surface area contributed by atoms with Crippen molar-refractivity contribution in [3.05, 3.63) is 28.7 Å². The summed E-state index contributed by atoms with van der Waals surface area (Å²) in [6.45, 7) is 3.48. The van der Waals surface area contributed by atoms with Gasteiger partial charge in [-0.3, -0.25) is 9.69 Å². The van der Waals surface area contributed by atoms with E-state index in [0.717, 1.165) is 55.5 Å².